The summed E-state index contributed by atoms with van der Waals surface area (Å²) in [6.07, 6.45) is 3.45. The number of para-hydroxylation sites is 1. The van der Waals surface area contributed by atoms with Crippen molar-refractivity contribution in [3.8, 4) is 5.69 Å². The molecule has 0 bridgehead atoms. The van der Waals surface area contributed by atoms with E-state index in [-0.39, 0.29) is 21.1 Å². The van der Waals surface area contributed by atoms with Crippen molar-refractivity contribution in [1.29, 1.82) is 0 Å². The molecule has 8 nitrogen and oxygen atoms in total. The Bertz CT molecular complexity index is 1550. The number of nitrogens with one attached hydrogen (secondary N) is 2. The minimum Gasteiger partial charge on any atom is -0.358 e. The smallest absolute Gasteiger partial charge is 0.266 e. The molecule has 5 rings (SSSR count). The van der Waals surface area contributed by atoms with Crippen LogP contribution in [-0.4, -0.2) is 29.5 Å². The molecule has 0 aliphatic heterocycles. The quantitative estimate of drug-likeness (QED) is 0.362. The van der Waals surface area contributed by atoms with Crippen molar-refractivity contribution in [2.24, 2.45) is 0 Å². The first-order valence-corrected chi connectivity index (χ1v) is 10.8. The number of hydrogen-bond donors (Lipinski definition) is 2. The van der Waals surface area contributed by atoms with Crippen LogP contribution in [0.5, 0.6) is 0 Å². The van der Waals surface area contributed by atoms with Crippen LogP contribution in [0.15, 0.2) is 53.8 Å². The normalized spacial score (nSPS) is 12.4. The molecule has 11 heteroatoms. The van der Waals surface area contributed by atoms with Crippen molar-refractivity contribution in [1.82, 2.24) is 29.5 Å². The largest absolute Gasteiger partial charge is 0.358 e. The topological polar surface area (TPSA) is 101 Å². The average Bonchev–Trinajstić information content (AvgIpc) is 3.29. The van der Waals surface area contributed by atoms with Gasteiger partial charge in [0.25, 0.3) is 5.56 Å². The molecule has 0 saturated carbocycles. The fourth-order valence-electron chi connectivity index (χ4n) is 3.72. The molecule has 3 aromatic heterocycles. The fraction of sp³-hybridized carbons (Fsp3) is 0.136. The maximum absolute atomic E-state index is 14.0. The summed E-state index contributed by atoms with van der Waals surface area (Å²) in [7, 11) is 0. The molecule has 0 fully saturated rings. The molecule has 2 aromatic carbocycles. The van der Waals surface area contributed by atoms with E-state index >= 15 is 0 Å². The second-order valence-corrected chi connectivity index (χ2v) is 8.09. The van der Waals surface area contributed by atoms with Gasteiger partial charge in [0.05, 0.1) is 39.0 Å². The number of hydrogen-bond acceptors (Lipinski definition) is 6. The summed E-state index contributed by atoms with van der Waals surface area (Å²) >= 11 is 12.9. The molecule has 0 aliphatic carbocycles. The third-order valence-corrected chi connectivity index (χ3v) is 5.88. The van der Waals surface area contributed by atoms with Crippen molar-refractivity contribution in [2.75, 3.05) is 5.32 Å². The number of fused-ring (bicyclic) bond motifs is 2. The Morgan fingerprint density at radius 1 is 1.15 bits per heavy atom. The van der Waals surface area contributed by atoms with E-state index in [0.29, 0.717) is 34.7 Å². The lowest BCUT2D eigenvalue weighted by Gasteiger charge is -2.23. The van der Waals surface area contributed by atoms with Gasteiger partial charge in [-0.1, -0.05) is 36.2 Å². The number of anilines is 1. The summed E-state index contributed by atoms with van der Waals surface area (Å²) in [5.74, 6) is 0.302. The molecular formula is C22H16Cl2FN7O. The molecule has 1 unspecified atom stereocenters. The number of rotatable bonds is 5. The number of nitrogens with zero attached hydrogens (tertiary/aromatic N) is 5. The monoisotopic (exact) mass is 483 g/mol. The number of aromatic nitrogens is 6. The highest BCUT2D eigenvalue weighted by Gasteiger charge is 2.24. The summed E-state index contributed by atoms with van der Waals surface area (Å²) in [6, 6.07) is 8.34. The second kappa shape index (κ2) is 8.42. The van der Waals surface area contributed by atoms with Gasteiger partial charge in [0.15, 0.2) is 11.5 Å². The minimum atomic E-state index is -0.543. The summed E-state index contributed by atoms with van der Waals surface area (Å²) < 4.78 is 15.3. The second-order valence-electron chi connectivity index (χ2n) is 7.27. The van der Waals surface area contributed by atoms with Gasteiger partial charge in [-0.3, -0.25) is 9.36 Å². The first-order chi connectivity index (χ1) is 16.0. The molecule has 0 spiro atoms. The Hall–Kier alpha value is -3.56. The molecule has 1 atom stereocenters. The van der Waals surface area contributed by atoms with Gasteiger partial charge in [-0.15, -0.1) is 0 Å². The molecule has 5 aromatic rings. The summed E-state index contributed by atoms with van der Waals surface area (Å²) in [6.45, 7) is 1.93. The Kier molecular flexibility index (Phi) is 5.43. The van der Waals surface area contributed by atoms with Crippen molar-refractivity contribution in [3.63, 3.8) is 0 Å². The van der Waals surface area contributed by atoms with E-state index in [0.717, 1.165) is 6.07 Å². The Morgan fingerprint density at radius 3 is 2.70 bits per heavy atom. The molecule has 0 amide bonds. The molecule has 166 valence electrons. The Morgan fingerprint density at radius 2 is 1.94 bits per heavy atom. The number of halogens is 3. The van der Waals surface area contributed by atoms with Gasteiger partial charge in [0, 0.05) is 0 Å². The lowest BCUT2D eigenvalue weighted by atomic mass is 10.1. The van der Waals surface area contributed by atoms with Crippen LogP contribution in [0.3, 0.4) is 0 Å². The van der Waals surface area contributed by atoms with Gasteiger partial charge in [-0.05, 0) is 36.8 Å². The van der Waals surface area contributed by atoms with E-state index in [4.69, 9.17) is 28.2 Å². The lowest BCUT2D eigenvalue weighted by molar-refractivity contribution is 0.628. The van der Waals surface area contributed by atoms with E-state index in [2.05, 4.69) is 25.3 Å². The van der Waals surface area contributed by atoms with E-state index in [9.17, 15) is 9.18 Å². The molecule has 0 radical (unpaired) electrons. The first kappa shape index (κ1) is 21.3. The van der Waals surface area contributed by atoms with Crippen LogP contribution in [0, 0.1) is 5.82 Å². The van der Waals surface area contributed by atoms with Crippen LogP contribution in [0.4, 0.5) is 10.2 Å². The van der Waals surface area contributed by atoms with Crippen molar-refractivity contribution in [3.05, 3.63) is 81.1 Å². The molecule has 0 saturated heterocycles. The number of aromatic amines is 1. The number of H-pyrrole nitrogens is 1. The third-order valence-electron chi connectivity index (χ3n) is 5.27. The van der Waals surface area contributed by atoms with E-state index < -0.39 is 17.4 Å². The highest BCUT2D eigenvalue weighted by atomic mass is 35.5. The van der Waals surface area contributed by atoms with Crippen molar-refractivity contribution < 1.29 is 4.39 Å². The van der Waals surface area contributed by atoms with Crippen LogP contribution in [0.2, 0.25) is 10.0 Å². The standard InChI is InChI=1S/C22H16Cl2FN7O/c1-2-15(30-20-17-19(27-9-26-17)28-10-29-20)21-31-16-7-6-11(25)8-12(16)22(33)32(21)18-13(23)4-3-5-14(18)24/h3-10,15H,2H2,1H3,(H2,26,27,28,29,30). The van der Waals surface area contributed by atoms with Crippen LogP contribution >= 0.6 is 23.2 Å². The number of imidazole rings is 1. The van der Waals surface area contributed by atoms with Gasteiger partial charge >= 0.3 is 0 Å². The zero-order valence-electron chi connectivity index (χ0n) is 17.2. The van der Waals surface area contributed by atoms with E-state index in [1.54, 1.807) is 18.2 Å². The maximum Gasteiger partial charge on any atom is 0.266 e. The van der Waals surface area contributed by atoms with Crippen LogP contribution in [0.1, 0.15) is 25.2 Å². The SMILES string of the molecule is CCC(Nc1ncnc2nc[nH]c12)c1nc2ccc(F)cc2c(=O)n1-c1c(Cl)cccc1Cl. The van der Waals surface area contributed by atoms with Crippen molar-refractivity contribution >= 4 is 51.1 Å². The molecule has 33 heavy (non-hydrogen) atoms. The minimum absolute atomic E-state index is 0.114. The highest BCUT2D eigenvalue weighted by Crippen LogP contribution is 2.32. The fourth-order valence-corrected chi connectivity index (χ4v) is 4.28. The summed E-state index contributed by atoms with van der Waals surface area (Å²) in [4.78, 5) is 33.9. The first-order valence-electron chi connectivity index (χ1n) is 10.0. The molecule has 3 heterocycles. The van der Waals surface area contributed by atoms with E-state index in [1.165, 1.54) is 29.4 Å². The van der Waals surface area contributed by atoms with Gasteiger partial charge in [-0.25, -0.2) is 24.3 Å². The van der Waals surface area contributed by atoms with Crippen LogP contribution in [-0.2, 0) is 0 Å². The molecule has 2 N–H and O–H groups in total. The highest BCUT2D eigenvalue weighted by molar-refractivity contribution is 6.37. The van der Waals surface area contributed by atoms with E-state index in [1.807, 2.05) is 6.92 Å². The van der Waals surface area contributed by atoms with Crippen LogP contribution < -0.4 is 10.9 Å². The van der Waals surface area contributed by atoms with Crippen molar-refractivity contribution in [2.45, 2.75) is 19.4 Å². The zero-order chi connectivity index (χ0) is 23.1. The molecular weight excluding hydrogens is 468 g/mol. The van der Waals surface area contributed by atoms with Crippen LogP contribution in [0.25, 0.3) is 27.8 Å². The Balaban J connectivity index is 1.78. The van der Waals surface area contributed by atoms with Gasteiger partial charge < -0.3 is 10.3 Å². The average molecular weight is 484 g/mol. The summed E-state index contributed by atoms with van der Waals surface area (Å²) in [5, 5.41) is 3.96. The third kappa shape index (κ3) is 3.69. The lowest BCUT2D eigenvalue weighted by Crippen LogP contribution is -2.29. The maximum atomic E-state index is 14.0. The predicted octanol–water partition coefficient (Wildman–Crippen LogP) is 5.06. The van der Waals surface area contributed by atoms with Gasteiger partial charge in [0.1, 0.15) is 23.5 Å². The van der Waals surface area contributed by atoms with Gasteiger partial charge in [-0.2, -0.15) is 0 Å². The molecule has 0 aliphatic rings. The predicted molar refractivity (Wildman–Crippen MR) is 126 cm³/mol. The number of benzene rings is 2. The summed E-state index contributed by atoms with van der Waals surface area (Å²) in [5.41, 5.74) is 1.25. The van der Waals surface area contributed by atoms with Gasteiger partial charge in [0.2, 0.25) is 0 Å². The zero-order valence-corrected chi connectivity index (χ0v) is 18.7. The Labute approximate surface area is 196 Å².